The molecule has 13 aromatic rings. The van der Waals surface area contributed by atoms with Crippen LogP contribution in [0, 0.1) is 0 Å². The number of rotatable bonds is 4. The quantitative estimate of drug-likeness (QED) is 0.179. The Balaban J connectivity index is 1.15. The first-order valence-corrected chi connectivity index (χ1v) is 20.5. The molecule has 0 N–H and O–H groups in total. The van der Waals surface area contributed by atoms with Gasteiger partial charge in [-0.3, -0.25) is 4.57 Å². The fourth-order valence-corrected chi connectivity index (χ4v) is 9.88. The lowest BCUT2D eigenvalue weighted by Crippen LogP contribution is -2.03. The van der Waals surface area contributed by atoms with Crippen molar-refractivity contribution in [1.82, 2.24) is 19.1 Å². The molecule has 278 valence electrons. The van der Waals surface area contributed by atoms with Gasteiger partial charge in [0.25, 0.3) is 0 Å². The molecule has 0 saturated heterocycles. The van der Waals surface area contributed by atoms with Gasteiger partial charge in [-0.2, -0.15) is 0 Å². The highest BCUT2D eigenvalue weighted by atomic mass is 15.2. The zero-order chi connectivity index (χ0) is 39.3. The fourth-order valence-electron chi connectivity index (χ4n) is 9.88. The van der Waals surface area contributed by atoms with Crippen LogP contribution in [-0.4, -0.2) is 19.1 Å². The molecule has 0 aliphatic rings. The summed E-state index contributed by atoms with van der Waals surface area (Å²) < 4.78 is 4.72. The summed E-state index contributed by atoms with van der Waals surface area (Å²) in [5, 5.41) is 13.1. The van der Waals surface area contributed by atoms with E-state index in [-0.39, 0.29) is 0 Å². The number of aromatic nitrogens is 4. The summed E-state index contributed by atoms with van der Waals surface area (Å²) in [5.41, 5.74) is 11.0. The van der Waals surface area contributed by atoms with Crippen LogP contribution in [0.1, 0.15) is 0 Å². The lowest BCUT2D eigenvalue weighted by Gasteiger charge is -2.16. The van der Waals surface area contributed by atoms with E-state index < -0.39 is 0 Å². The van der Waals surface area contributed by atoms with Crippen LogP contribution in [-0.2, 0) is 0 Å². The smallest absolute Gasteiger partial charge is 0.235 e. The summed E-state index contributed by atoms with van der Waals surface area (Å²) in [4.78, 5) is 10.9. The van der Waals surface area contributed by atoms with Crippen LogP contribution in [0.2, 0.25) is 0 Å². The maximum atomic E-state index is 5.51. The van der Waals surface area contributed by atoms with Gasteiger partial charge >= 0.3 is 0 Å². The summed E-state index contributed by atoms with van der Waals surface area (Å²) in [7, 11) is 0. The van der Waals surface area contributed by atoms with E-state index in [1.165, 1.54) is 76.0 Å². The van der Waals surface area contributed by atoms with Gasteiger partial charge in [0, 0.05) is 43.6 Å². The topological polar surface area (TPSA) is 35.6 Å². The standard InChI is InChI=1S/C56H34N4/c1-2-18-38(19-3-1)59-50-28-14-11-22-41(50)48-33-46(40-21-7-9-24-43(40)55(48)59)47-34-52-53(42-23-8-6-20-39(42)47)45-26-12-15-29-51(45)60(52)56-57-49-27-13-10-25-44(49)54(58-56)37-31-30-35-16-4-5-17-36(35)32-37/h1-34H. The van der Waals surface area contributed by atoms with Gasteiger partial charge in [-0.15, -0.1) is 0 Å². The molecule has 10 aromatic carbocycles. The van der Waals surface area contributed by atoms with Crippen molar-refractivity contribution >= 4 is 86.8 Å². The minimum absolute atomic E-state index is 0.649. The van der Waals surface area contributed by atoms with E-state index in [1.54, 1.807) is 0 Å². The molecular weight excluding hydrogens is 729 g/mol. The molecule has 0 spiro atoms. The Labute approximate surface area is 344 Å². The lowest BCUT2D eigenvalue weighted by atomic mass is 9.90. The molecule has 0 radical (unpaired) electrons. The largest absolute Gasteiger partial charge is 0.309 e. The number of hydrogen-bond donors (Lipinski definition) is 0. The molecule has 0 aliphatic carbocycles. The van der Waals surface area contributed by atoms with Crippen molar-refractivity contribution < 1.29 is 0 Å². The third-order valence-electron chi connectivity index (χ3n) is 12.5. The second kappa shape index (κ2) is 12.7. The van der Waals surface area contributed by atoms with Crippen LogP contribution in [0.4, 0.5) is 0 Å². The van der Waals surface area contributed by atoms with Crippen molar-refractivity contribution in [3.63, 3.8) is 0 Å². The molecule has 3 heterocycles. The minimum Gasteiger partial charge on any atom is -0.309 e. The number of benzene rings is 10. The van der Waals surface area contributed by atoms with Crippen molar-refractivity contribution in [3.05, 3.63) is 206 Å². The number of para-hydroxylation sites is 4. The number of fused-ring (bicyclic) bond motifs is 12. The predicted molar refractivity (Wildman–Crippen MR) is 252 cm³/mol. The molecule has 0 saturated carbocycles. The van der Waals surface area contributed by atoms with E-state index in [1.807, 2.05) is 0 Å². The molecule has 13 rings (SSSR count). The van der Waals surface area contributed by atoms with Gasteiger partial charge in [0.2, 0.25) is 5.95 Å². The zero-order valence-corrected chi connectivity index (χ0v) is 32.4. The van der Waals surface area contributed by atoms with E-state index in [0.717, 1.165) is 38.9 Å². The zero-order valence-electron chi connectivity index (χ0n) is 32.4. The summed E-state index contributed by atoms with van der Waals surface area (Å²) >= 11 is 0. The molecule has 0 fully saturated rings. The van der Waals surface area contributed by atoms with Gasteiger partial charge in [-0.25, -0.2) is 9.97 Å². The fraction of sp³-hybridized carbons (Fsp3) is 0. The highest BCUT2D eigenvalue weighted by Gasteiger charge is 2.23. The average Bonchev–Trinajstić information content (AvgIpc) is 3.84. The van der Waals surface area contributed by atoms with Crippen molar-refractivity contribution in [1.29, 1.82) is 0 Å². The van der Waals surface area contributed by atoms with Crippen molar-refractivity contribution in [2.75, 3.05) is 0 Å². The summed E-state index contributed by atoms with van der Waals surface area (Å²) in [6, 6.07) is 74.4. The normalized spacial score (nSPS) is 12.0. The van der Waals surface area contributed by atoms with Gasteiger partial charge in [0.15, 0.2) is 0 Å². The van der Waals surface area contributed by atoms with Gasteiger partial charge in [0.1, 0.15) is 0 Å². The van der Waals surface area contributed by atoms with Crippen LogP contribution in [0.5, 0.6) is 0 Å². The average molecular weight is 763 g/mol. The Morgan fingerprint density at radius 3 is 1.72 bits per heavy atom. The predicted octanol–water partition coefficient (Wildman–Crippen LogP) is 14.6. The first-order chi connectivity index (χ1) is 29.8. The number of hydrogen-bond acceptors (Lipinski definition) is 2. The van der Waals surface area contributed by atoms with Gasteiger partial charge in [-0.1, -0.05) is 158 Å². The second-order valence-electron chi connectivity index (χ2n) is 15.7. The third-order valence-corrected chi connectivity index (χ3v) is 12.5. The first kappa shape index (κ1) is 32.9. The molecule has 4 heteroatoms. The van der Waals surface area contributed by atoms with E-state index in [2.05, 4.69) is 215 Å². The molecule has 0 amide bonds. The second-order valence-corrected chi connectivity index (χ2v) is 15.7. The Morgan fingerprint density at radius 1 is 0.333 bits per heavy atom. The Hall–Kier alpha value is -8.08. The van der Waals surface area contributed by atoms with Crippen LogP contribution < -0.4 is 0 Å². The maximum absolute atomic E-state index is 5.51. The summed E-state index contributed by atoms with van der Waals surface area (Å²) in [6.07, 6.45) is 0. The van der Waals surface area contributed by atoms with Gasteiger partial charge in [-0.05, 0) is 86.6 Å². The highest BCUT2D eigenvalue weighted by Crippen LogP contribution is 2.46. The maximum Gasteiger partial charge on any atom is 0.235 e. The molecular formula is C56H34N4. The van der Waals surface area contributed by atoms with Crippen molar-refractivity contribution in [3.8, 4) is 34.0 Å². The molecule has 0 aliphatic heterocycles. The van der Waals surface area contributed by atoms with E-state index in [0.29, 0.717) is 5.95 Å². The SMILES string of the molecule is c1ccc(-n2c3ccccc3c3cc(-c4cc5c(c6ccccc46)c4ccccc4n5-c4nc(-c5ccc6ccccc6c5)c5ccccc5n4)c4ccccc4c32)cc1. The Kier molecular flexibility index (Phi) is 6.98. The minimum atomic E-state index is 0.649. The van der Waals surface area contributed by atoms with Gasteiger partial charge in [0.05, 0.1) is 33.3 Å². The Morgan fingerprint density at radius 2 is 0.917 bits per heavy atom. The van der Waals surface area contributed by atoms with E-state index in [4.69, 9.17) is 9.97 Å². The van der Waals surface area contributed by atoms with Crippen LogP contribution >= 0.6 is 0 Å². The molecule has 60 heavy (non-hydrogen) atoms. The van der Waals surface area contributed by atoms with Crippen LogP contribution in [0.25, 0.3) is 121 Å². The first-order valence-electron chi connectivity index (χ1n) is 20.5. The monoisotopic (exact) mass is 762 g/mol. The highest BCUT2D eigenvalue weighted by molar-refractivity contribution is 6.27. The lowest BCUT2D eigenvalue weighted by molar-refractivity contribution is 1.01. The Bertz CT molecular complexity index is 3890. The van der Waals surface area contributed by atoms with Crippen molar-refractivity contribution in [2.24, 2.45) is 0 Å². The summed E-state index contributed by atoms with van der Waals surface area (Å²) in [6.45, 7) is 0. The number of nitrogens with zero attached hydrogens (tertiary/aromatic N) is 4. The third kappa shape index (κ3) is 4.73. The van der Waals surface area contributed by atoms with Gasteiger partial charge < -0.3 is 4.57 Å². The molecule has 0 bridgehead atoms. The van der Waals surface area contributed by atoms with E-state index in [9.17, 15) is 0 Å². The molecule has 3 aromatic heterocycles. The molecule has 4 nitrogen and oxygen atoms in total. The van der Waals surface area contributed by atoms with E-state index >= 15 is 0 Å². The molecule has 0 unspecified atom stereocenters. The summed E-state index contributed by atoms with van der Waals surface area (Å²) in [5.74, 6) is 0.649. The van der Waals surface area contributed by atoms with Crippen LogP contribution in [0.3, 0.4) is 0 Å². The molecule has 0 atom stereocenters. The van der Waals surface area contributed by atoms with Crippen LogP contribution in [0.15, 0.2) is 206 Å². The van der Waals surface area contributed by atoms with Crippen molar-refractivity contribution in [2.45, 2.75) is 0 Å².